The number of nitrogens with zero attached hydrogens (tertiary/aromatic N) is 4. The third-order valence-corrected chi connectivity index (χ3v) is 5.58. The second-order valence-corrected chi connectivity index (χ2v) is 8.08. The Bertz CT molecular complexity index is 802. The molecule has 144 valence electrons. The van der Waals surface area contributed by atoms with E-state index >= 15 is 0 Å². The Morgan fingerprint density at radius 2 is 2.26 bits per heavy atom. The van der Waals surface area contributed by atoms with Crippen LogP contribution in [0.2, 0.25) is 0 Å². The van der Waals surface area contributed by atoms with Gasteiger partial charge in [0.15, 0.2) is 0 Å². The molecule has 2 aliphatic rings. The van der Waals surface area contributed by atoms with Gasteiger partial charge in [0.25, 0.3) is 0 Å². The number of aromatic nitrogens is 2. The van der Waals surface area contributed by atoms with Gasteiger partial charge in [-0.05, 0) is 58.2 Å². The molecule has 1 aliphatic carbocycles. The SMILES string of the molecule is C=Cc1nn(C(C)CC2CCC(C)N2)c2c1C=CC(=C/N=C)/C2=N\CSC. The van der Waals surface area contributed by atoms with Crippen LogP contribution in [0.4, 0.5) is 0 Å². The molecule has 0 amide bonds. The maximum atomic E-state index is 4.88. The second kappa shape index (κ2) is 8.85. The van der Waals surface area contributed by atoms with Gasteiger partial charge in [0, 0.05) is 29.4 Å². The van der Waals surface area contributed by atoms with Gasteiger partial charge in [-0.3, -0.25) is 14.7 Å². The van der Waals surface area contributed by atoms with Gasteiger partial charge in [-0.1, -0.05) is 12.7 Å². The monoisotopic (exact) mass is 383 g/mol. The summed E-state index contributed by atoms with van der Waals surface area (Å²) in [5, 5.41) is 8.57. The molecule has 1 aromatic rings. The molecule has 1 N–H and O–H groups in total. The van der Waals surface area contributed by atoms with Crippen molar-refractivity contribution in [3.63, 3.8) is 0 Å². The van der Waals surface area contributed by atoms with Crippen LogP contribution >= 0.6 is 11.8 Å². The molecule has 1 fully saturated rings. The highest BCUT2D eigenvalue weighted by Crippen LogP contribution is 2.31. The number of nitrogens with one attached hydrogen (secondary N) is 1. The summed E-state index contributed by atoms with van der Waals surface area (Å²) in [5.41, 5.74) is 4.97. The molecule has 3 atom stereocenters. The number of fused-ring (bicyclic) bond motifs is 1. The number of thioether (sulfide) groups is 1. The first kappa shape index (κ1) is 19.8. The van der Waals surface area contributed by atoms with Crippen LogP contribution in [0.1, 0.15) is 56.1 Å². The van der Waals surface area contributed by atoms with E-state index < -0.39 is 0 Å². The van der Waals surface area contributed by atoms with Crippen molar-refractivity contribution in [2.45, 2.75) is 51.2 Å². The fourth-order valence-electron chi connectivity index (χ4n) is 3.94. The van der Waals surface area contributed by atoms with Crippen LogP contribution in [0.25, 0.3) is 12.2 Å². The molecule has 3 rings (SSSR count). The quantitative estimate of drug-likeness (QED) is 0.713. The minimum atomic E-state index is 0.263. The van der Waals surface area contributed by atoms with Crippen LogP contribution in [-0.4, -0.2) is 46.4 Å². The maximum Gasteiger partial charge on any atom is 0.0951 e. The molecule has 6 heteroatoms. The highest BCUT2D eigenvalue weighted by atomic mass is 32.2. The number of hydrogen-bond donors (Lipinski definition) is 1. The van der Waals surface area contributed by atoms with Crippen molar-refractivity contribution in [2.24, 2.45) is 9.98 Å². The first-order valence-corrected chi connectivity index (χ1v) is 10.9. The van der Waals surface area contributed by atoms with Gasteiger partial charge in [0.1, 0.15) is 0 Å². The smallest absolute Gasteiger partial charge is 0.0951 e. The van der Waals surface area contributed by atoms with Gasteiger partial charge >= 0.3 is 0 Å². The molecule has 0 saturated carbocycles. The van der Waals surface area contributed by atoms with E-state index in [4.69, 9.17) is 10.1 Å². The van der Waals surface area contributed by atoms with Gasteiger partial charge < -0.3 is 5.32 Å². The van der Waals surface area contributed by atoms with E-state index in [-0.39, 0.29) is 6.04 Å². The number of rotatable bonds is 7. The summed E-state index contributed by atoms with van der Waals surface area (Å²) < 4.78 is 2.14. The number of allylic oxidation sites excluding steroid dienone is 2. The summed E-state index contributed by atoms with van der Waals surface area (Å²) in [6.07, 6.45) is 13.3. The van der Waals surface area contributed by atoms with Gasteiger partial charge in [0.05, 0.1) is 29.0 Å². The topological polar surface area (TPSA) is 54.6 Å². The Morgan fingerprint density at radius 1 is 1.44 bits per heavy atom. The highest BCUT2D eigenvalue weighted by molar-refractivity contribution is 7.98. The normalized spacial score (nSPS) is 25.7. The highest BCUT2D eigenvalue weighted by Gasteiger charge is 2.29. The number of aliphatic imine (C=N–C) groups is 2. The molecule has 0 bridgehead atoms. The third kappa shape index (κ3) is 4.17. The Hall–Kier alpha value is -1.92. The van der Waals surface area contributed by atoms with E-state index in [9.17, 15) is 0 Å². The summed E-state index contributed by atoms with van der Waals surface area (Å²) >= 11 is 1.70. The molecule has 0 aromatic carbocycles. The molecular formula is C21H29N5S. The zero-order valence-corrected chi connectivity index (χ0v) is 17.3. The van der Waals surface area contributed by atoms with Crippen molar-refractivity contribution in [2.75, 3.05) is 12.1 Å². The van der Waals surface area contributed by atoms with Crippen molar-refractivity contribution in [3.05, 3.63) is 41.4 Å². The average molecular weight is 384 g/mol. The van der Waals surface area contributed by atoms with E-state index in [1.54, 1.807) is 18.0 Å². The van der Waals surface area contributed by atoms with Gasteiger partial charge in [-0.2, -0.15) is 5.10 Å². The lowest BCUT2D eigenvalue weighted by Crippen LogP contribution is -2.30. The van der Waals surface area contributed by atoms with Crippen LogP contribution in [-0.2, 0) is 0 Å². The van der Waals surface area contributed by atoms with Crippen LogP contribution in [0.3, 0.4) is 0 Å². The summed E-state index contributed by atoms with van der Waals surface area (Å²) in [4.78, 5) is 8.81. The Labute approximate surface area is 166 Å². The second-order valence-electron chi connectivity index (χ2n) is 7.25. The predicted molar refractivity (Wildman–Crippen MR) is 119 cm³/mol. The first-order valence-electron chi connectivity index (χ1n) is 9.48. The van der Waals surface area contributed by atoms with Crippen LogP contribution < -0.4 is 5.32 Å². The lowest BCUT2D eigenvalue weighted by atomic mass is 9.95. The predicted octanol–water partition coefficient (Wildman–Crippen LogP) is 4.34. The maximum absolute atomic E-state index is 4.88. The van der Waals surface area contributed by atoms with Crippen molar-refractivity contribution in [1.82, 2.24) is 15.1 Å². The van der Waals surface area contributed by atoms with E-state index in [0.717, 1.165) is 34.7 Å². The van der Waals surface area contributed by atoms with Gasteiger partial charge in [-0.15, -0.1) is 11.8 Å². The molecule has 3 unspecified atom stereocenters. The van der Waals surface area contributed by atoms with Crippen molar-refractivity contribution in [1.29, 1.82) is 0 Å². The van der Waals surface area contributed by atoms with Gasteiger partial charge in [-0.25, -0.2) is 0 Å². The largest absolute Gasteiger partial charge is 0.311 e. The Morgan fingerprint density at radius 3 is 2.89 bits per heavy atom. The summed E-state index contributed by atoms with van der Waals surface area (Å²) in [6, 6.07) is 1.41. The first-order chi connectivity index (χ1) is 13.1. The molecule has 27 heavy (non-hydrogen) atoms. The molecule has 5 nitrogen and oxygen atoms in total. The van der Waals surface area contributed by atoms with Crippen molar-refractivity contribution < 1.29 is 0 Å². The average Bonchev–Trinajstić information content (AvgIpc) is 3.24. The van der Waals surface area contributed by atoms with E-state index in [0.29, 0.717) is 18.0 Å². The van der Waals surface area contributed by atoms with Crippen LogP contribution in [0, 0.1) is 0 Å². The minimum absolute atomic E-state index is 0.263. The standard InChI is InChI=1S/C21H29N5S/c1-6-19-18-10-8-16(12-22-4)20(23-13-27-5)21(18)26(25-19)15(3)11-17-9-7-14(2)24-17/h6,8,10,12,14-15,17,24H,1,4,7,9,11,13H2,2-3,5H3/b16-12-,23-20+. The zero-order chi connectivity index (χ0) is 19.4. The fraction of sp³-hybridized carbons (Fsp3) is 0.476. The molecule has 1 aromatic heterocycles. The van der Waals surface area contributed by atoms with Crippen LogP contribution in [0.5, 0.6) is 0 Å². The lowest BCUT2D eigenvalue weighted by Gasteiger charge is -2.22. The molecule has 2 heterocycles. The Kier molecular flexibility index (Phi) is 6.50. The zero-order valence-electron chi connectivity index (χ0n) is 16.5. The molecular weight excluding hydrogens is 354 g/mol. The van der Waals surface area contributed by atoms with E-state index in [1.807, 2.05) is 12.2 Å². The molecule has 0 radical (unpaired) electrons. The third-order valence-electron chi connectivity index (χ3n) is 5.19. The van der Waals surface area contributed by atoms with Crippen molar-refractivity contribution in [3.8, 4) is 0 Å². The molecule has 1 aliphatic heterocycles. The van der Waals surface area contributed by atoms with Crippen molar-refractivity contribution >= 4 is 36.3 Å². The molecule has 0 spiro atoms. The summed E-state index contributed by atoms with van der Waals surface area (Å²) in [7, 11) is 0. The minimum Gasteiger partial charge on any atom is -0.311 e. The van der Waals surface area contributed by atoms with Gasteiger partial charge in [0.2, 0.25) is 0 Å². The fourth-order valence-corrected chi connectivity index (χ4v) is 4.20. The van der Waals surface area contributed by atoms with E-state index in [2.05, 4.69) is 54.5 Å². The van der Waals surface area contributed by atoms with E-state index in [1.165, 1.54) is 12.8 Å². The Balaban J connectivity index is 2.02. The lowest BCUT2D eigenvalue weighted by molar-refractivity contribution is 0.391. The molecule has 1 saturated heterocycles. The number of hydrogen-bond acceptors (Lipinski definition) is 5. The van der Waals surface area contributed by atoms with Crippen LogP contribution in [0.15, 0.2) is 34.4 Å². The summed E-state index contributed by atoms with van der Waals surface area (Å²) in [5.74, 6) is 0.696. The summed E-state index contributed by atoms with van der Waals surface area (Å²) in [6.45, 7) is 12.1.